The van der Waals surface area contributed by atoms with Crippen molar-refractivity contribution in [3.63, 3.8) is 0 Å². The van der Waals surface area contributed by atoms with E-state index < -0.39 is 17.8 Å². The van der Waals surface area contributed by atoms with E-state index in [0.717, 1.165) is 12.1 Å². The molecule has 0 aromatic heterocycles. The van der Waals surface area contributed by atoms with Crippen molar-refractivity contribution in [2.24, 2.45) is 11.7 Å². The van der Waals surface area contributed by atoms with Gasteiger partial charge in [0.05, 0.1) is 5.56 Å². The quantitative estimate of drug-likeness (QED) is 0.881. The Kier molecular flexibility index (Phi) is 5.16. The molecule has 1 aromatic carbocycles. The fourth-order valence-electron chi connectivity index (χ4n) is 1.87. The van der Waals surface area contributed by atoms with Crippen molar-refractivity contribution in [1.82, 2.24) is 0 Å². The number of hydrogen-bond donors (Lipinski definition) is 1. The molecule has 2 atom stereocenters. The highest BCUT2D eigenvalue weighted by atomic mass is 19.4. The minimum atomic E-state index is -4.33. The molecule has 2 nitrogen and oxygen atoms in total. The Morgan fingerprint density at radius 2 is 2.00 bits per heavy atom. The first-order chi connectivity index (χ1) is 8.34. The Labute approximate surface area is 105 Å². The Bertz CT molecular complexity index is 379. The zero-order valence-corrected chi connectivity index (χ0v) is 10.5. The van der Waals surface area contributed by atoms with Crippen molar-refractivity contribution < 1.29 is 17.9 Å². The fraction of sp³-hybridized carbons (Fsp3) is 0.538. The van der Waals surface area contributed by atoms with Crippen molar-refractivity contribution in [2.75, 3.05) is 13.7 Å². The lowest BCUT2D eigenvalue weighted by molar-refractivity contribution is -0.137. The van der Waals surface area contributed by atoms with Crippen molar-refractivity contribution >= 4 is 0 Å². The molecule has 0 saturated carbocycles. The molecule has 1 aromatic rings. The minimum absolute atomic E-state index is 0.208. The second-order valence-corrected chi connectivity index (χ2v) is 4.53. The summed E-state index contributed by atoms with van der Waals surface area (Å²) in [4.78, 5) is 0. The average Bonchev–Trinajstić information content (AvgIpc) is 2.28. The molecule has 18 heavy (non-hydrogen) atoms. The number of nitrogens with two attached hydrogens (primary N) is 1. The van der Waals surface area contributed by atoms with E-state index in [0.29, 0.717) is 18.6 Å². The van der Waals surface area contributed by atoms with E-state index in [4.69, 9.17) is 10.5 Å². The van der Waals surface area contributed by atoms with Gasteiger partial charge in [-0.25, -0.2) is 0 Å². The van der Waals surface area contributed by atoms with Gasteiger partial charge in [0.25, 0.3) is 0 Å². The van der Waals surface area contributed by atoms with Gasteiger partial charge in [0.15, 0.2) is 0 Å². The molecular weight excluding hydrogens is 243 g/mol. The van der Waals surface area contributed by atoms with Crippen LogP contribution >= 0.6 is 0 Å². The number of ether oxygens (including phenoxy) is 1. The third-order valence-corrected chi connectivity index (χ3v) is 2.75. The third-order valence-electron chi connectivity index (χ3n) is 2.75. The molecule has 0 spiro atoms. The number of rotatable bonds is 5. The minimum Gasteiger partial charge on any atom is -0.384 e. The summed E-state index contributed by atoms with van der Waals surface area (Å²) in [6.45, 7) is 2.50. The molecule has 0 aliphatic heterocycles. The number of halogens is 3. The van der Waals surface area contributed by atoms with Gasteiger partial charge in [0.2, 0.25) is 0 Å². The van der Waals surface area contributed by atoms with Crippen LogP contribution in [0, 0.1) is 5.92 Å². The molecule has 1 rings (SSSR count). The number of benzene rings is 1. The molecule has 5 heteroatoms. The zero-order chi connectivity index (χ0) is 13.8. The number of methoxy groups -OCH3 is 1. The fourth-order valence-corrected chi connectivity index (χ4v) is 1.87. The first kappa shape index (κ1) is 15.0. The summed E-state index contributed by atoms with van der Waals surface area (Å²) in [5.74, 6) is 0.208. The summed E-state index contributed by atoms with van der Waals surface area (Å²) < 4.78 is 42.6. The van der Waals surface area contributed by atoms with E-state index in [2.05, 4.69) is 0 Å². The lowest BCUT2D eigenvalue weighted by Gasteiger charge is -2.18. The number of hydrogen-bond acceptors (Lipinski definition) is 2. The first-order valence-corrected chi connectivity index (χ1v) is 5.76. The summed E-state index contributed by atoms with van der Waals surface area (Å²) in [6.07, 6.45) is -3.73. The maximum Gasteiger partial charge on any atom is 0.416 e. The highest BCUT2D eigenvalue weighted by molar-refractivity contribution is 5.27. The third kappa shape index (κ3) is 4.31. The zero-order valence-electron chi connectivity index (χ0n) is 10.5. The summed E-state index contributed by atoms with van der Waals surface area (Å²) >= 11 is 0. The topological polar surface area (TPSA) is 35.2 Å². The Hall–Kier alpha value is -1.07. The molecule has 0 aliphatic rings. The van der Waals surface area contributed by atoms with E-state index in [1.807, 2.05) is 6.92 Å². The molecule has 0 saturated heterocycles. The second kappa shape index (κ2) is 6.20. The highest BCUT2D eigenvalue weighted by Gasteiger charge is 2.30. The Morgan fingerprint density at radius 3 is 2.56 bits per heavy atom. The summed E-state index contributed by atoms with van der Waals surface area (Å²) in [7, 11) is 1.59. The highest BCUT2D eigenvalue weighted by Crippen LogP contribution is 2.31. The molecule has 0 amide bonds. The summed E-state index contributed by atoms with van der Waals surface area (Å²) in [5.41, 5.74) is 5.77. The van der Waals surface area contributed by atoms with Gasteiger partial charge in [-0.15, -0.1) is 0 Å². The van der Waals surface area contributed by atoms with Gasteiger partial charge in [-0.05, 0) is 30.0 Å². The Balaban J connectivity index is 2.77. The molecular formula is C13H18F3NO. The van der Waals surface area contributed by atoms with Crippen molar-refractivity contribution in [3.8, 4) is 0 Å². The Morgan fingerprint density at radius 1 is 1.33 bits per heavy atom. The van der Waals surface area contributed by atoms with Crippen molar-refractivity contribution in [2.45, 2.75) is 25.6 Å². The van der Waals surface area contributed by atoms with Gasteiger partial charge in [0.1, 0.15) is 0 Å². The van der Waals surface area contributed by atoms with Gasteiger partial charge in [-0.1, -0.05) is 19.1 Å². The van der Waals surface area contributed by atoms with E-state index in [1.54, 1.807) is 13.2 Å². The summed E-state index contributed by atoms with van der Waals surface area (Å²) in [6, 6.07) is 4.77. The molecule has 0 bridgehead atoms. The predicted molar refractivity (Wildman–Crippen MR) is 64.0 cm³/mol. The molecule has 102 valence electrons. The van der Waals surface area contributed by atoms with Gasteiger partial charge in [-0.3, -0.25) is 0 Å². The van der Waals surface area contributed by atoms with Crippen LogP contribution in [0.2, 0.25) is 0 Å². The van der Waals surface area contributed by atoms with E-state index in [1.165, 1.54) is 6.07 Å². The molecule has 0 radical (unpaired) electrons. The van der Waals surface area contributed by atoms with Crippen LogP contribution in [-0.4, -0.2) is 13.7 Å². The van der Waals surface area contributed by atoms with Crippen LogP contribution in [0.25, 0.3) is 0 Å². The van der Waals surface area contributed by atoms with Gasteiger partial charge in [-0.2, -0.15) is 13.2 Å². The van der Waals surface area contributed by atoms with E-state index in [-0.39, 0.29) is 5.92 Å². The van der Waals surface area contributed by atoms with Crippen LogP contribution in [0.4, 0.5) is 13.2 Å². The van der Waals surface area contributed by atoms with Crippen LogP contribution in [0.3, 0.4) is 0 Å². The average molecular weight is 261 g/mol. The maximum atomic E-state index is 12.6. The molecule has 2 unspecified atom stereocenters. The van der Waals surface area contributed by atoms with Crippen LogP contribution in [0.15, 0.2) is 24.3 Å². The van der Waals surface area contributed by atoms with Crippen molar-refractivity contribution in [1.29, 1.82) is 0 Å². The standard InChI is InChI=1S/C13H18F3NO/c1-9(8-18-2)6-12(17)10-4-3-5-11(7-10)13(14,15)16/h3-5,7,9,12H,6,8,17H2,1-2H3. The monoisotopic (exact) mass is 261 g/mol. The second-order valence-electron chi connectivity index (χ2n) is 4.53. The normalized spacial score (nSPS) is 15.4. The van der Waals surface area contributed by atoms with Gasteiger partial charge in [0, 0.05) is 19.8 Å². The largest absolute Gasteiger partial charge is 0.416 e. The van der Waals surface area contributed by atoms with Crippen LogP contribution in [0.5, 0.6) is 0 Å². The van der Waals surface area contributed by atoms with E-state index in [9.17, 15) is 13.2 Å². The predicted octanol–water partition coefficient (Wildman–Crippen LogP) is 3.38. The maximum absolute atomic E-state index is 12.6. The molecule has 2 N–H and O–H groups in total. The lowest BCUT2D eigenvalue weighted by Crippen LogP contribution is -2.17. The van der Waals surface area contributed by atoms with Crippen LogP contribution in [-0.2, 0) is 10.9 Å². The van der Waals surface area contributed by atoms with Crippen molar-refractivity contribution in [3.05, 3.63) is 35.4 Å². The van der Waals surface area contributed by atoms with E-state index >= 15 is 0 Å². The summed E-state index contributed by atoms with van der Waals surface area (Å²) in [5, 5.41) is 0. The SMILES string of the molecule is COCC(C)CC(N)c1cccc(C(F)(F)F)c1. The number of alkyl halides is 3. The molecule has 0 heterocycles. The van der Waals surface area contributed by atoms with Crippen LogP contribution < -0.4 is 5.73 Å². The first-order valence-electron chi connectivity index (χ1n) is 5.76. The molecule has 0 aliphatic carbocycles. The van der Waals surface area contributed by atoms with Crippen LogP contribution in [0.1, 0.15) is 30.5 Å². The van der Waals surface area contributed by atoms with Gasteiger partial charge < -0.3 is 10.5 Å². The molecule has 0 fully saturated rings. The van der Waals surface area contributed by atoms with Gasteiger partial charge >= 0.3 is 6.18 Å². The lowest BCUT2D eigenvalue weighted by atomic mass is 9.96. The smallest absolute Gasteiger partial charge is 0.384 e.